The van der Waals surface area contributed by atoms with Crippen molar-refractivity contribution in [3.63, 3.8) is 0 Å². The van der Waals surface area contributed by atoms with Gasteiger partial charge in [0.05, 0.1) is 76.3 Å². The van der Waals surface area contributed by atoms with Crippen molar-refractivity contribution in [1.29, 1.82) is 0 Å². The summed E-state index contributed by atoms with van der Waals surface area (Å²) in [6.45, 7) is 9.10. The highest BCUT2D eigenvalue weighted by atomic mass is 32.3. The van der Waals surface area contributed by atoms with Crippen molar-refractivity contribution in [3.05, 3.63) is 110 Å². The van der Waals surface area contributed by atoms with Gasteiger partial charge in [-0.15, -0.1) is 70.6 Å². The van der Waals surface area contributed by atoms with E-state index in [1.54, 1.807) is 8.47 Å². The Morgan fingerprint density at radius 1 is 0.339 bits per heavy atom. The van der Waals surface area contributed by atoms with Gasteiger partial charge in [0, 0.05) is 10.2 Å². The van der Waals surface area contributed by atoms with Crippen molar-refractivity contribution in [2.45, 2.75) is 79.1 Å². The van der Waals surface area contributed by atoms with Crippen LogP contribution in [0.25, 0.3) is 0 Å². The molecule has 0 aliphatic carbocycles. The maximum Gasteiger partial charge on any atom is 0.0718 e. The molecule has 62 heavy (non-hydrogen) atoms. The fraction of sp³-hybridized carbons (Fsp3) is 0.400. The van der Waals surface area contributed by atoms with Crippen LogP contribution in [0.3, 0.4) is 0 Å². The second kappa shape index (κ2) is 26.0. The standard InChI is InChI=1S/C40H40S22/c1-5-7-9-11-17-41-27-28(42-18-12-10-8-6-2)50-23(49-27)13-15-25-55-36-37(56-25)62-40(61-36)39-57-31-32(58-39)46-20-44-30-29(43-19-45-31)51-24(52-30)14-16-26-53-34-35(54-26)60-38(59-34)33-47-21(3)22(4)48-33/h13-16H,5-12,17-20H2,1-4H3. The lowest BCUT2D eigenvalue weighted by atomic mass is 10.2. The van der Waals surface area contributed by atoms with Crippen LogP contribution in [-0.2, 0) is 0 Å². The fourth-order valence-electron chi connectivity index (χ4n) is 5.56. The summed E-state index contributed by atoms with van der Waals surface area (Å²) in [6.07, 6.45) is 20.3. The molecule has 332 valence electrons. The average molecular weight is 1230 g/mol. The molecule has 9 aliphatic heterocycles. The SMILES string of the molecule is CCCCCCSC1=C(SCCCCCC)SC(=CC=C2SC3=C(S2)SC(=C2SC4=C(SCSC5=C(SCS4)SC(=CC=C4SC6=C(S4)SC(=C4SC(C)=C(C)S4)S6)S5)S2)S3)S1. The quantitative estimate of drug-likeness (QED) is 0.151. The van der Waals surface area contributed by atoms with Gasteiger partial charge in [0.15, 0.2) is 0 Å². The van der Waals surface area contributed by atoms with Crippen LogP contribution in [0.4, 0.5) is 0 Å². The number of thioether (sulfide) groups is 22. The molecule has 0 saturated carbocycles. The highest BCUT2D eigenvalue weighted by molar-refractivity contribution is 8.51. The molecule has 0 bridgehead atoms. The molecule has 0 amide bonds. The Labute approximate surface area is 462 Å². The van der Waals surface area contributed by atoms with Crippen molar-refractivity contribution < 1.29 is 0 Å². The maximum absolute atomic E-state index is 2.40. The van der Waals surface area contributed by atoms with Crippen LogP contribution in [0.5, 0.6) is 0 Å². The van der Waals surface area contributed by atoms with Crippen LogP contribution >= 0.6 is 259 Å². The molecule has 0 radical (unpaired) electrons. The molecule has 0 saturated heterocycles. The maximum atomic E-state index is 2.40. The third-order valence-corrected chi connectivity index (χ3v) is 40.3. The molecule has 0 aromatic rings. The molecule has 0 aromatic heterocycles. The van der Waals surface area contributed by atoms with E-state index in [0.717, 1.165) is 10.2 Å². The summed E-state index contributed by atoms with van der Waals surface area (Å²) in [5, 5.41) is 2.12. The van der Waals surface area contributed by atoms with Crippen LogP contribution in [-0.4, -0.2) is 21.7 Å². The van der Waals surface area contributed by atoms with Crippen molar-refractivity contribution in [3.8, 4) is 0 Å². The minimum atomic E-state index is 1.06. The molecule has 9 aliphatic rings. The monoisotopic (exact) mass is 1220 g/mol. The topological polar surface area (TPSA) is 0 Å². The van der Waals surface area contributed by atoms with Crippen molar-refractivity contribution in [2.24, 2.45) is 0 Å². The molecule has 0 N–H and O–H groups in total. The Hall–Kier alpha value is 4.58. The lowest BCUT2D eigenvalue weighted by Gasteiger charge is -2.09. The minimum absolute atomic E-state index is 1.06. The van der Waals surface area contributed by atoms with E-state index in [2.05, 4.69) is 75.5 Å². The first-order valence-corrected chi connectivity index (χ1v) is 38.7. The zero-order valence-electron chi connectivity index (χ0n) is 33.8. The second-order valence-electron chi connectivity index (χ2n) is 13.3. The molecule has 9 rings (SSSR count). The predicted molar refractivity (Wildman–Crippen MR) is 335 cm³/mol. The van der Waals surface area contributed by atoms with Gasteiger partial charge < -0.3 is 0 Å². The van der Waals surface area contributed by atoms with Gasteiger partial charge in [-0.05, 0) is 72.3 Å². The van der Waals surface area contributed by atoms with Gasteiger partial charge in [-0.1, -0.05) is 241 Å². The molecule has 9 heterocycles. The van der Waals surface area contributed by atoms with E-state index in [9.17, 15) is 0 Å². The largest absolute Gasteiger partial charge is 0.117 e. The van der Waals surface area contributed by atoms with Crippen molar-refractivity contribution in [2.75, 3.05) is 21.7 Å². The van der Waals surface area contributed by atoms with Crippen LogP contribution in [0.15, 0.2) is 110 Å². The third kappa shape index (κ3) is 14.0. The van der Waals surface area contributed by atoms with Crippen LogP contribution < -0.4 is 0 Å². The summed E-state index contributed by atoms with van der Waals surface area (Å²) >= 11 is 44.2. The predicted octanol–water partition coefficient (Wildman–Crippen LogP) is 23.8. The first-order chi connectivity index (χ1) is 30.4. The highest BCUT2D eigenvalue weighted by Gasteiger charge is 2.36. The summed E-state index contributed by atoms with van der Waals surface area (Å²) in [5.41, 5.74) is 0. The van der Waals surface area contributed by atoms with Crippen LogP contribution in [0, 0.1) is 0 Å². The number of hydrogen-bond donors (Lipinski definition) is 0. The lowest BCUT2D eigenvalue weighted by molar-refractivity contribution is 0.707. The van der Waals surface area contributed by atoms with Crippen LogP contribution in [0.1, 0.15) is 79.1 Å². The normalized spacial score (nSPS) is 23.2. The number of allylic oxidation sites excluding steroid dienone is 6. The van der Waals surface area contributed by atoms with Gasteiger partial charge in [-0.2, -0.15) is 0 Å². The highest BCUT2D eigenvalue weighted by Crippen LogP contribution is 2.72. The Balaban J connectivity index is 0.723. The molecule has 0 spiro atoms. The van der Waals surface area contributed by atoms with E-state index in [0.29, 0.717) is 0 Å². The Kier molecular flexibility index (Phi) is 21.6. The number of unbranched alkanes of at least 4 members (excludes halogenated alkanes) is 6. The zero-order valence-corrected chi connectivity index (χ0v) is 51.7. The van der Waals surface area contributed by atoms with E-state index in [-0.39, 0.29) is 0 Å². The summed E-state index contributed by atoms with van der Waals surface area (Å²) in [4.78, 5) is 2.90. The van der Waals surface area contributed by atoms with E-state index in [4.69, 9.17) is 0 Å². The van der Waals surface area contributed by atoms with Gasteiger partial charge >= 0.3 is 0 Å². The Bertz CT molecular complexity index is 2080. The third-order valence-electron chi connectivity index (χ3n) is 8.75. The Morgan fingerprint density at radius 2 is 0.629 bits per heavy atom. The average Bonchev–Trinajstić information content (AvgIpc) is 4.12. The summed E-state index contributed by atoms with van der Waals surface area (Å²) < 4.78 is 26.6. The van der Waals surface area contributed by atoms with Crippen LogP contribution in [0.2, 0.25) is 0 Å². The minimum Gasteiger partial charge on any atom is -0.117 e. The summed E-state index contributed by atoms with van der Waals surface area (Å²) in [6, 6.07) is 0. The van der Waals surface area contributed by atoms with E-state index in [1.165, 1.54) is 140 Å². The molecule has 0 unspecified atom stereocenters. The molecule has 0 nitrogen and oxygen atoms in total. The fourth-order valence-corrected chi connectivity index (χ4v) is 39.4. The number of hydrogen-bond acceptors (Lipinski definition) is 22. The molecular formula is C40H40S22. The first-order valence-electron chi connectivity index (χ1n) is 19.7. The van der Waals surface area contributed by atoms with E-state index < -0.39 is 0 Å². The molecule has 0 atom stereocenters. The van der Waals surface area contributed by atoms with Crippen molar-refractivity contribution >= 4 is 259 Å². The van der Waals surface area contributed by atoms with Gasteiger partial charge in [-0.25, -0.2) is 0 Å². The zero-order chi connectivity index (χ0) is 42.4. The van der Waals surface area contributed by atoms with Gasteiger partial charge in [0.2, 0.25) is 0 Å². The van der Waals surface area contributed by atoms with E-state index >= 15 is 0 Å². The molecule has 22 heteroatoms. The van der Waals surface area contributed by atoms with E-state index in [1.807, 2.05) is 235 Å². The molecule has 0 aromatic carbocycles. The number of rotatable bonds is 14. The van der Waals surface area contributed by atoms with Gasteiger partial charge in [-0.3, -0.25) is 0 Å². The lowest BCUT2D eigenvalue weighted by Crippen LogP contribution is -1.83. The molecular weight excluding hydrogens is 1190 g/mol. The summed E-state index contributed by atoms with van der Waals surface area (Å²) in [5.74, 6) is 2.50. The summed E-state index contributed by atoms with van der Waals surface area (Å²) in [7, 11) is 0. The Morgan fingerprint density at radius 3 is 1.00 bits per heavy atom. The van der Waals surface area contributed by atoms with Gasteiger partial charge in [0.25, 0.3) is 0 Å². The van der Waals surface area contributed by atoms with Gasteiger partial charge in [0.1, 0.15) is 0 Å². The smallest absolute Gasteiger partial charge is 0.0718 e. The second-order valence-corrected chi connectivity index (χ2v) is 41.9. The first kappa shape index (κ1) is 51.5. The molecule has 0 fully saturated rings. The van der Waals surface area contributed by atoms with Crippen molar-refractivity contribution in [1.82, 2.24) is 0 Å².